The average molecular weight is 272 g/mol. The van der Waals surface area contributed by atoms with E-state index in [9.17, 15) is 12.8 Å². The summed E-state index contributed by atoms with van der Waals surface area (Å²) < 4.78 is 39.5. The maximum atomic E-state index is 13.3. The lowest BCUT2D eigenvalue weighted by Gasteiger charge is -2.20. The lowest BCUT2D eigenvalue weighted by atomic mass is 10.2. The zero-order valence-corrected chi connectivity index (χ0v) is 10.9. The van der Waals surface area contributed by atoms with E-state index in [4.69, 9.17) is 5.73 Å². The Morgan fingerprint density at radius 2 is 1.72 bits per heavy atom. The molecule has 1 aromatic rings. The van der Waals surface area contributed by atoms with Gasteiger partial charge in [-0.2, -0.15) is 4.31 Å². The van der Waals surface area contributed by atoms with E-state index in [1.165, 1.54) is 16.4 Å². The van der Waals surface area contributed by atoms with Gasteiger partial charge < -0.3 is 5.73 Å². The van der Waals surface area contributed by atoms with Crippen LogP contribution in [0, 0.1) is 5.82 Å². The van der Waals surface area contributed by atoms with Gasteiger partial charge in [0.1, 0.15) is 10.7 Å². The fraction of sp³-hybridized carbons (Fsp3) is 0.500. The molecular weight excluding hydrogens is 255 g/mol. The third kappa shape index (κ3) is 2.49. The molecule has 0 saturated carbocycles. The minimum atomic E-state index is -3.67. The van der Waals surface area contributed by atoms with Crippen molar-refractivity contribution in [3.63, 3.8) is 0 Å². The van der Waals surface area contributed by atoms with Crippen LogP contribution in [0.1, 0.15) is 25.7 Å². The zero-order chi connectivity index (χ0) is 13.2. The predicted octanol–water partition coefficient (Wildman–Crippen LogP) is 1.97. The van der Waals surface area contributed by atoms with E-state index in [1.54, 1.807) is 0 Å². The summed E-state index contributed by atoms with van der Waals surface area (Å²) >= 11 is 0. The molecule has 0 aliphatic carbocycles. The number of benzene rings is 1. The second kappa shape index (κ2) is 5.24. The Balaban J connectivity index is 2.38. The summed E-state index contributed by atoms with van der Waals surface area (Å²) in [4.78, 5) is -0.121. The van der Waals surface area contributed by atoms with Crippen LogP contribution in [0.15, 0.2) is 23.1 Å². The second-order valence-electron chi connectivity index (χ2n) is 4.47. The molecule has 0 atom stereocenters. The summed E-state index contributed by atoms with van der Waals surface area (Å²) in [5, 5.41) is 0. The molecule has 0 bridgehead atoms. The first-order valence-corrected chi connectivity index (χ1v) is 7.51. The van der Waals surface area contributed by atoms with E-state index in [0.717, 1.165) is 31.7 Å². The molecule has 0 unspecified atom stereocenters. The first-order valence-electron chi connectivity index (χ1n) is 6.07. The molecule has 1 aromatic carbocycles. The predicted molar refractivity (Wildman–Crippen MR) is 68.0 cm³/mol. The number of hydrogen-bond acceptors (Lipinski definition) is 3. The monoisotopic (exact) mass is 272 g/mol. The summed E-state index contributed by atoms with van der Waals surface area (Å²) in [5.41, 5.74) is 5.24. The van der Waals surface area contributed by atoms with Crippen LogP contribution in [0.3, 0.4) is 0 Å². The summed E-state index contributed by atoms with van der Waals surface area (Å²) in [7, 11) is -3.67. The van der Waals surface area contributed by atoms with Crippen molar-refractivity contribution in [3.05, 3.63) is 24.0 Å². The molecule has 2 rings (SSSR count). The highest BCUT2D eigenvalue weighted by Crippen LogP contribution is 2.26. The normalized spacial score (nSPS) is 18.5. The first kappa shape index (κ1) is 13.3. The molecule has 1 aliphatic rings. The fourth-order valence-electron chi connectivity index (χ4n) is 2.16. The third-order valence-corrected chi connectivity index (χ3v) is 5.15. The van der Waals surface area contributed by atoms with E-state index < -0.39 is 15.8 Å². The Bertz CT molecular complexity index is 523. The number of rotatable bonds is 2. The van der Waals surface area contributed by atoms with Gasteiger partial charge in [0.2, 0.25) is 10.0 Å². The Morgan fingerprint density at radius 3 is 2.33 bits per heavy atom. The van der Waals surface area contributed by atoms with Crippen molar-refractivity contribution in [1.29, 1.82) is 0 Å². The molecule has 6 heteroatoms. The zero-order valence-electron chi connectivity index (χ0n) is 10.1. The molecule has 1 heterocycles. The van der Waals surface area contributed by atoms with Crippen LogP contribution in [0.2, 0.25) is 0 Å². The van der Waals surface area contributed by atoms with Crippen molar-refractivity contribution in [1.82, 2.24) is 4.31 Å². The number of hydrogen-bond donors (Lipinski definition) is 1. The molecular formula is C12H17FN2O2S. The highest BCUT2D eigenvalue weighted by molar-refractivity contribution is 7.89. The second-order valence-corrected chi connectivity index (χ2v) is 6.38. The number of halogens is 1. The quantitative estimate of drug-likeness (QED) is 0.837. The summed E-state index contributed by atoms with van der Waals surface area (Å²) in [6.07, 6.45) is 3.75. The van der Waals surface area contributed by atoms with Crippen molar-refractivity contribution >= 4 is 15.7 Å². The summed E-state index contributed by atoms with van der Waals surface area (Å²) in [6.45, 7) is 0.969. The molecule has 2 N–H and O–H groups in total. The smallest absolute Gasteiger partial charge is 0.245 e. The number of nitrogen functional groups attached to an aromatic ring is 1. The fourth-order valence-corrected chi connectivity index (χ4v) is 3.81. The molecule has 1 saturated heterocycles. The van der Waals surface area contributed by atoms with Gasteiger partial charge in [0.05, 0.1) is 5.69 Å². The van der Waals surface area contributed by atoms with E-state index >= 15 is 0 Å². The van der Waals surface area contributed by atoms with Gasteiger partial charge in [0.25, 0.3) is 0 Å². The van der Waals surface area contributed by atoms with E-state index in [0.29, 0.717) is 13.1 Å². The SMILES string of the molecule is Nc1c(F)cccc1S(=O)(=O)N1CCCCCC1. The highest BCUT2D eigenvalue weighted by Gasteiger charge is 2.27. The third-order valence-electron chi connectivity index (χ3n) is 3.20. The molecule has 1 fully saturated rings. The van der Waals surface area contributed by atoms with Gasteiger partial charge in [-0.3, -0.25) is 0 Å². The number of nitrogens with two attached hydrogens (primary N) is 1. The van der Waals surface area contributed by atoms with Crippen molar-refractivity contribution < 1.29 is 12.8 Å². The Labute approximate surface area is 107 Å². The Hall–Kier alpha value is -1.14. The number of sulfonamides is 1. The topological polar surface area (TPSA) is 63.4 Å². The van der Waals surface area contributed by atoms with Crippen LogP contribution >= 0.6 is 0 Å². The van der Waals surface area contributed by atoms with Gasteiger partial charge in [-0.05, 0) is 25.0 Å². The number of anilines is 1. The molecule has 18 heavy (non-hydrogen) atoms. The maximum absolute atomic E-state index is 13.3. The van der Waals surface area contributed by atoms with Gasteiger partial charge in [-0.25, -0.2) is 12.8 Å². The van der Waals surface area contributed by atoms with Gasteiger partial charge in [0.15, 0.2) is 0 Å². The molecule has 4 nitrogen and oxygen atoms in total. The largest absolute Gasteiger partial charge is 0.395 e. The van der Waals surface area contributed by atoms with E-state index in [2.05, 4.69) is 0 Å². The molecule has 100 valence electrons. The van der Waals surface area contributed by atoms with Crippen molar-refractivity contribution in [2.24, 2.45) is 0 Å². The number of para-hydroxylation sites is 1. The van der Waals surface area contributed by atoms with Crippen LogP contribution in [0.4, 0.5) is 10.1 Å². The summed E-state index contributed by atoms with van der Waals surface area (Å²) in [5.74, 6) is -0.689. The van der Waals surface area contributed by atoms with Gasteiger partial charge >= 0.3 is 0 Å². The van der Waals surface area contributed by atoms with Crippen molar-refractivity contribution in [3.8, 4) is 0 Å². The minimum absolute atomic E-state index is 0.121. The first-order chi connectivity index (χ1) is 8.53. The molecule has 1 aliphatic heterocycles. The Kier molecular flexibility index (Phi) is 3.87. The van der Waals surface area contributed by atoms with Crippen LogP contribution < -0.4 is 5.73 Å². The van der Waals surface area contributed by atoms with Crippen LogP contribution in [0.25, 0.3) is 0 Å². The van der Waals surface area contributed by atoms with Crippen molar-refractivity contribution in [2.45, 2.75) is 30.6 Å². The van der Waals surface area contributed by atoms with E-state index in [1.807, 2.05) is 0 Å². The highest BCUT2D eigenvalue weighted by atomic mass is 32.2. The summed E-state index contributed by atoms with van der Waals surface area (Å²) in [6, 6.07) is 3.89. The minimum Gasteiger partial charge on any atom is -0.395 e. The molecule has 0 spiro atoms. The van der Waals surface area contributed by atoms with Crippen LogP contribution in [-0.2, 0) is 10.0 Å². The van der Waals surface area contributed by atoms with Gasteiger partial charge in [0, 0.05) is 13.1 Å². The van der Waals surface area contributed by atoms with Gasteiger partial charge in [-0.15, -0.1) is 0 Å². The Morgan fingerprint density at radius 1 is 1.11 bits per heavy atom. The van der Waals surface area contributed by atoms with Crippen LogP contribution in [-0.4, -0.2) is 25.8 Å². The maximum Gasteiger partial charge on any atom is 0.245 e. The van der Waals surface area contributed by atoms with Crippen molar-refractivity contribution in [2.75, 3.05) is 18.8 Å². The number of nitrogens with zero attached hydrogens (tertiary/aromatic N) is 1. The molecule has 0 amide bonds. The average Bonchev–Trinajstić information content (AvgIpc) is 2.61. The molecule has 0 aromatic heterocycles. The standard InChI is InChI=1S/C12H17FN2O2S/c13-10-6-5-7-11(12(10)14)18(16,17)15-8-3-1-2-4-9-15/h5-7H,1-4,8-9,14H2. The lowest BCUT2D eigenvalue weighted by molar-refractivity contribution is 0.423. The van der Waals surface area contributed by atoms with E-state index in [-0.39, 0.29) is 10.6 Å². The van der Waals surface area contributed by atoms with Gasteiger partial charge in [-0.1, -0.05) is 18.9 Å². The molecule has 0 radical (unpaired) electrons. The van der Waals surface area contributed by atoms with Crippen LogP contribution in [0.5, 0.6) is 0 Å². The lowest BCUT2D eigenvalue weighted by Crippen LogP contribution is -2.32.